The molecule has 182 valence electrons. The molecule has 0 fully saturated rings. The van der Waals surface area contributed by atoms with Crippen molar-refractivity contribution >= 4 is 22.8 Å². The summed E-state index contributed by atoms with van der Waals surface area (Å²) in [6, 6.07) is 15.2. The number of nitrogens with zero attached hydrogens (tertiary/aromatic N) is 4. The Balaban J connectivity index is 1.79. The fourth-order valence-corrected chi connectivity index (χ4v) is 4.17. The van der Waals surface area contributed by atoms with Crippen LogP contribution in [-0.4, -0.2) is 38.3 Å². The van der Waals surface area contributed by atoms with E-state index in [0.717, 1.165) is 27.7 Å². The highest BCUT2D eigenvalue weighted by Crippen LogP contribution is 2.21. The lowest BCUT2D eigenvalue weighted by atomic mass is 10.1. The van der Waals surface area contributed by atoms with Crippen LogP contribution in [0.5, 0.6) is 0 Å². The molecule has 0 aliphatic carbocycles. The van der Waals surface area contributed by atoms with Crippen LogP contribution < -0.4 is 16.6 Å². The highest BCUT2D eigenvalue weighted by Gasteiger charge is 2.20. The molecule has 0 radical (unpaired) electrons. The second-order valence-corrected chi connectivity index (χ2v) is 8.36. The van der Waals surface area contributed by atoms with Crippen molar-refractivity contribution in [2.24, 2.45) is 0 Å². The van der Waals surface area contributed by atoms with Crippen molar-refractivity contribution in [1.29, 1.82) is 0 Å². The molecule has 9 heteroatoms. The molecule has 1 N–H and O–H groups in total. The average Bonchev–Trinajstić information content (AvgIpc) is 3.29. The molecule has 0 saturated heterocycles. The summed E-state index contributed by atoms with van der Waals surface area (Å²) in [5.74, 6) is -0.443. The maximum absolute atomic E-state index is 13.5. The number of methoxy groups -OCH3 is 1. The van der Waals surface area contributed by atoms with Gasteiger partial charge in [0, 0.05) is 19.3 Å². The van der Waals surface area contributed by atoms with E-state index in [2.05, 4.69) is 10.3 Å². The molecule has 0 unspecified atom stereocenters. The van der Waals surface area contributed by atoms with E-state index < -0.39 is 23.7 Å². The molecule has 0 aliphatic heterocycles. The first-order valence-corrected chi connectivity index (χ1v) is 11.5. The molecule has 2 aromatic heterocycles. The average molecular weight is 476 g/mol. The van der Waals surface area contributed by atoms with Crippen molar-refractivity contribution in [3.63, 3.8) is 0 Å². The summed E-state index contributed by atoms with van der Waals surface area (Å²) in [7, 11) is 1.57. The monoisotopic (exact) mass is 475 g/mol. The van der Waals surface area contributed by atoms with Crippen LogP contribution in [0.15, 0.2) is 64.4 Å². The number of hydrogen-bond acceptors (Lipinski definition) is 5. The number of ether oxygens (including phenoxy) is 1. The number of hydrogen-bond donors (Lipinski definition) is 1. The minimum Gasteiger partial charge on any atom is -0.383 e. The lowest BCUT2D eigenvalue weighted by molar-refractivity contribution is -0.116. The number of para-hydroxylation sites is 1. The number of benzene rings is 2. The molecule has 2 heterocycles. The van der Waals surface area contributed by atoms with E-state index in [-0.39, 0.29) is 17.7 Å². The smallest absolute Gasteiger partial charge is 0.333 e. The van der Waals surface area contributed by atoms with Crippen LogP contribution in [0.25, 0.3) is 11.2 Å². The molecule has 9 nitrogen and oxygen atoms in total. The number of nitrogens with one attached hydrogen (secondary N) is 1. The fourth-order valence-electron chi connectivity index (χ4n) is 4.17. The number of aromatic nitrogens is 4. The minimum absolute atomic E-state index is 0.219. The van der Waals surface area contributed by atoms with Crippen LogP contribution in [0.3, 0.4) is 0 Å². The highest BCUT2D eigenvalue weighted by molar-refractivity contribution is 5.92. The third-order valence-electron chi connectivity index (χ3n) is 6.01. The molecule has 0 atom stereocenters. The number of carbonyl (C=O) groups is 1. The largest absolute Gasteiger partial charge is 0.383 e. The van der Waals surface area contributed by atoms with Crippen molar-refractivity contribution in [1.82, 2.24) is 18.7 Å². The summed E-state index contributed by atoms with van der Waals surface area (Å²) in [4.78, 5) is 44.3. The maximum atomic E-state index is 13.5. The standard InChI is InChI=1S/C26H29N5O4/c1-4-20-12-8-9-18(2)22(20)28-21(32)16-31-25(33)23-24(27-17-29(23)13-14-35-3)30(26(31)34)15-19-10-6-5-7-11-19/h5-12,17H,4,13-16H2,1-3H3,(H,28,32). The Morgan fingerprint density at radius 1 is 1.06 bits per heavy atom. The molecule has 4 aromatic rings. The first-order valence-electron chi connectivity index (χ1n) is 11.5. The van der Waals surface area contributed by atoms with E-state index in [4.69, 9.17) is 4.74 Å². The second kappa shape index (κ2) is 10.5. The van der Waals surface area contributed by atoms with Gasteiger partial charge in [-0.3, -0.25) is 14.2 Å². The molecule has 35 heavy (non-hydrogen) atoms. The number of imidazole rings is 1. The molecule has 0 bridgehead atoms. The van der Waals surface area contributed by atoms with E-state index in [1.165, 1.54) is 10.9 Å². The lowest BCUT2D eigenvalue weighted by Gasteiger charge is -2.15. The van der Waals surface area contributed by atoms with Gasteiger partial charge in [-0.05, 0) is 30.0 Å². The molecular formula is C26H29N5O4. The zero-order valence-electron chi connectivity index (χ0n) is 20.2. The fraction of sp³-hybridized carbons (Fsp3) is 0.308. The van der Waals surface area contributed by atoms with Crippen LogP contribution in [0, 0.1) is 6.92 Å². The summed E-state index contributed by atoms with van der Waals surface area (Å²) in [5, 5.41) is 2.90. The number of anilines is 1. The molecule has 0 saturated carbocycles. The predicted molar refractivity (Wildman–Crippen MR) is 135 cm³/mol. The van der Waals surface area contributed by atoms with E-state index >= 15 is 0 Å². The zero-order chi connectivity index (χ0) is 24.9. The Labute approximate surface area is 202 Å². The number of amides is 1. The Bertz CT molecular complexity index is 1470. The van der Waals surface area contributed by atoms with Gasteiger partial charge in [0.05, 0.1) is 19.5 Å². The number of aryl methyl sites for hydroxylation is 2. The third kappa shape index (κ3) is 4.95. The van der Waals surface area contributed by atoms with Gasteiger partial charge in [-0.15, -0.1) is 0 Å². The molecule has 2 aromatic carbocycles. The van der Waals surface area contributed by atoms with E-state index in [9.17, 15) is 14.4 Å². The van der Waals surface area contributed by atoms with Gasteiger partial charge in [0.15, 0.2) is 11.2 Å². The quantitative estimate of drug-likeness (QED) is 0.401. The van der Waals surface area contributed by atoms with Crippen molar-refractivity contribution in [3.05, 3.63) is 92.4 Å². The highest BCUT2D eigenvalue weighted by atomic mass is 16.5. The van der Waals surface area contributed by atoms with Gasteiger partial charge >= 0.3 is 5.69 Å². The van der Waals surface area contributed by atoms with Crippen LogP contribution in [0.1, 0.15) is 23.6 Å². The van der Waals surface area contributed by atoms with Gasteiger partial charge in [-0.25, -0.2) is 14.3 Å². The van der Waals surface area contributed by atoms with Gasteiger partial charge in [0.25, 0.3) is 5.56 Å². The number of fused-ring (bicyclic) bond motifs is 1. The van der Waals surface area contributed by atoms with Gasteiger partial charge in [-0.2, -0.15) is 0 Å². The maximum Gasteiger partial charge on any atom is 0.333 e. The third-order valence-corrected chi connectivity index (χ3v) is 6.01. The summed E-state index contributed by atoms with van der Waals surface area (Å²) < 4.78 is 9.24. The van der Waals surface area contributed by atoms with Gasteiger partial charge in [0.1, 0.15) is 6.54 Å². The predicted octanol–water partition coefficient (Wildman–Crippen LogP) is 2.56. The number of carbonyl (C=O) groups excluding carboxylic acids is 1. The van der Waals surface area contributed by atoms with E-state index in [0.29, 0.717) is 18.8 Å². The van der Waals surface area contributed by atoms with Gasteiger partial charge < -0.3 is 14.6 Å². The minimum atomic E-state index is -0.584. The molecule has 0 spiro atoms. The lowest BCUT2D eigenvalue weighted by Crippen LogP contribution is -2.43. The van der Waals surface area contributed by atoms with Crippen molar-refractivity contribution in [2.45, 2.75) is 39.9 Å². The normalized spacial score (nSPS) is 11.2. The topological polar surface area (TPSA) is 100 Å². The molecule has 1 amide bonds. The van der Waals surface area contributed by atoms with Gasteiger partial charge in [0.2, 0.25) is 5.91 Å². The number of rotatable bonds is 9. The van der Waals surface area contributed by atoms with Crippen LogP contribution in [0.2, 0.25) is 0 Å². The molecular weight excluding hydrogens is 446 g/mol. The molecule has 4 rings (SSSR count). The summed E-state index contributed by atoms with van der Waals surface area (Å²) >= 11 is 0. The first-order chi connectivity index (χ1) is 16.9. The van der Waals surface area contributed by atoms with Crippen LogP contribution in [-0.2, 0) is 35.6 Å². The van der Waals surface area contributed by atoms with E-state index in [1.807, 2.05) is 62.4 Å². The van der Waals surface area contributed by atoms with Crippen molar-refractivity contribution < 1.29 is 9.53 Å². The second-order valence-electron chi connectivity index (χ2n) is 8.36. The summed E-state index contributed by atoms with van der Waals surface area (Å²) in [6.07, 6.45) is 2.27. The van der Waals surface area contributed by atoms with Gasteiger partial charge in [-0.1, -0.05) is 55.5 Å². The Morgan fingerprint density at radius 2 is 1.83 bits per heavy atom. The Kier molecular flexibility index (Phi) is 7.26. The van der Waals surface area contributed by atoms with Crippen molar-refractivity contribution in [2.75, 3.05) is 19.0 Å². The Morgan fingerprint density at radius 3 is 2.54 bits per heavy atom. The SMILES string of the molecule is CCc1cccc(C)c1NC(=O)Cn1c(=O)c2c(ncn2CCOC)n(Cc2ccccc2)c1=O. The van der Waals surface area contributed by atoms with Crippen LogP contribution in [0.4, 0.5) is 5.69 Å². The summed E-state index contributed by atoms with van der Waals surface area (Å²) in [6.45, 7) is 4.49. The Hall–Kier alpha value is -3.98. The first kappa shape index (κ1) is 24.2. The van der Waals surface area contributed by atoms with E-state index in [1.54, 1.807) is 11.7 Å². The molecule has 0 aliphatic rings. The summed E-state index contributed by atoms with van der Waals surface area (Å²) in [5.41, 5.74) is 2.89. The van der Waals surface area contributed by atoms with Crippen molar-refractivity contribution in [3.8, 4) is 0 Å². The zero-order valence-corrected chi connectivity index (χ0v) is 20.2. The van der Waals surface area contributed by atoms with Crippen LogP contribution >= 0.6 is 0 Å².